The first kappa shape index (κ1) is 24.0. The van der Waals surface area contributed by atoms with Crippen LogP contribution < -0.4 is 14.8 Å². The van der Waals surface area contributed by atoms with E-state index in [0.29, 0.717) is 27.2 Å². The normalized spacial score (nSPS) is 10.7. The largest absolute Gasteiger partial charge is 0.493 e. The molecule has 0 saturated heterocycles. The number of anilines is 1. The van der Waals surface area contributed by atoms with Crippen LogP contribution in [-0.2, 0) is 20.7 Å². The van der Waals surface area contributed by atoms with Crippen molar-refractivity contribution in [1.82, 2.24) is 0 Å². The maximum Gasteiger partial charge on any atom is 0.344 e. The van der Waals surface area contributed by atoms with Gasteiger partial charge in [0.05, 0.1) is 13.7 Å². The van der Waals surface area contributed by atoms with E-state index < -0.39 is 11.9 Å². The molecule has 2 rings (SSSR count). The van der Waals surface area contributed by atoms with Crippen molar-refractivity contribution in [2.45, 2.75) is 20.3 Å². The molecule has 0 heterocycles. The van der Waals surface area contributed by atoms with Crippen LogP contribution in [0.15, 0.2) is 46.4 Å². The number of benzene rings is 2. The fourth-order valence-electron chi connectivity index (χ4n) is 2.60. The predicted octanol–water partition coefficient (Wildman–Crippen LogP) is 4.51. The highest BCUT2D eigenvalue weighted by molar-refractivity contribution is 9.10. The number of esters is 1. The molecular formula is C23H23BrN2O5. The Bertz CT molecular complexity index is 1010. The van der Waals surface area contributed by atoms with Gasteiger partial charge in [0.15, 0.2) is 18.1 Å². The third-order valence-corrected chi connectivity index (χ3v) is 4.91. The van der Waals surface area contributed by atoms with Gasteiger partial charge in [-0.15, -0.1) is 0 Å². The molecule has 0 fully saturated rings. The van der Waals surface area contributed by atoms with Crippen LogP contribution in [0, 0.1) is 11.3 Å². The Morgan fingerprint density at radius 2 is 1.87 bits per heavy atom. The summed E-state index contributed by atoms with van der Waals surface area (Å²) in [5.41, 5.74) is 2.20. The first-order valence-corrected chi connectivity index (χ1v) is 10.4. The topological polar surface area (TPSA) is 97.7 Å². The van der Waals surface area contributed by atoms with Gasteiger partial charge < -0.3 is 19.5 Å². The van der Waals surface area contributed by atoms with Gasteiger partial charge in [0, 0.05) is 10.2 Å². The van der Waals surface area contributed by atoms with Gasteiger partial charge in [-0.1, -0.05) is 35.0 Å². The zero-order valence-corrected chi connectivity index (χ0v) is 19.1. The molecule has 0 unspecified atom stereocenters. The first-order chi connectivity index (χ1) is 14.9. The van der Waals surface area contributed by atoms with Gasteiger partial charge in [-0.3, -0.25) is 4.79 Å². The van der Waals surface area contributed by atoms with E-state index in [-0.39, 0.29) is 18.8 Å². The molecule has 0 aliphatic heterocycles. The maximum absolute atomic E-state index is 12.5. The van der Waals surface area contributed by atoms with Gasteiger partial charge in [-0.05, 0) is 54.8 Å². The predicted molar refractivity (Wildman–Crippen MR) is 121 cm³/mol. The summed E-state index contributed by atoms with van der Waals surface area (Å²) in [6.07, 6.45) is 2.34. The second kappa shape index (κ2) is 11.8. The fourth-order valence-corrected chi connectivity index (χ4v) is 3.04. The average molecular weight is 487 g/mol. The molecule has 0 atom stereocenters. The highest BCUT2D eigenvalue weighted by atomic mass is 79.9. The summed E-state index contributed by atoms with van der Waals surface area (Å²) >= 11 is 3.40. The van der Waals surface area contributed by atoms with E-state index in [2.05, 4.69) is 21.2 Å². The van der Waals surface area contributed by atoms with Crippen molar-refractivity contribution in [2.24, 2.45) is 0 Å². The summed E-state index contributed by atoms with van der Waals surface area (Å²) in [4.78, 5) is 24.1. The number of hydrogen-bond acceptors (Lipinski definition) is 6. The van der Waals surface area contributed by atoms with Gasteiger partial charge in [0.25, 0.3) is 5.91 Å². The van der Waals surface area contributed by atoms with E-state index in [1.807, 2.05) is 25.1 Å². The second-order valence-electron chi connectivity index (χ2n) is 6.29. The molecule has 7 nitrogen and oxygen atoms in total. The van der Waals surface area contributed by atoms with Crippen molar-refractivity contribution in [3.8, 4) is 17.6 Å². The summed E-state index contributed by atoms with van der Waals surface area (Å²) in [5.74, 6) is -0.370. The number of amides is 1. The third-order valence-electron chi connectivity index (χ3n) is 4.22. The van der Waals surface area contributed by atoms with Gasteiger partial charge in [-0.2, -0.15) is 5.26 Å². The Balaban J connectivity index is 2.23. The molecule has 1 N–H and O–H groups in total. The van der Waals surface area contributed by atoms with E-state index in [9.17, 15) is 14.9 Å². The summed E-state index contributed by atoms with van der Waals surface area (Å²) in [6, 6.07) is 12.5. The van der Waals surface area contributed by atoms with Crippen molar-refractivity contribution < 1.29 is 23.8 Å². The average Bonchev–Trinajstić information content (AvgIpc) is 2.77. The number of nitrogens with zero attached hydrogens (tertiary/aromatic N) is 1. The molecule has 0 bridgehead atoms. The Morgan fingerprint density at radius 3 is 2.45 bits per heavy atom. The van der Waals surface area contributed by atoms with Crippen LogP contribution in [0.1, 0.15) is 25.0 Å². The van der Waals surface area contributed by atoms with Crippen LogP contribution in [0.3, 0.4) is 0 Å². The van der Waals surface area contributed by atoms with Crippen LogP contribution in [0.25, 0.3) is 6.08 Å². The van der Waals surface area contributed by atoms with Crippen LogP contribution in [0.4, 0.5) is 5.69 Å². The quantitative estimate of drug-likeness (QED) is 0.318. The zero-order valence-electron chi connectivity index (χ0n) is 17.5. The molecule has 2 aromatic rings. The summed E-state index contributed by atoms with van der Waals surface area (Å²) in [6.45, 7) is 3.74. The number of rotatable bonds is 9. The fraction of sp³-hybridized carbons (Fsp3) is 0.261. The molecular weight excluding hydrogens is 464 g/mol. The van der Waals surface area contributed by atoms with Gasteiger partial charge >= 0.3 is 5.97 Å². The van der Waals surface area contributed by atoms with Crippen molar-refractivity contribution >= 4 is 39.6 Å². The minimum Gasteiger partial charge on any atom is -0.493 e. The Kier molecular flexibility index (Phi) is 9.10. The smallest absolute Gasteiger partial charge is 0.344 e. The molecule has 8 heteroatoms. The number of carbonyl (C=O) groups excluding carboxylic acids is 2. The lowest BCUT2D eigenvalue weighted by molar-refractivity contribution is -0.145. The molecule has 0 saturated carbocycles. The number of nitrogens with one attached hydrogen (secondary N) is 1. The van der Waals surface area contributed by atoms with Crippen molar-refractivity contribution in [3.05, 3.63) is 57.6 Å². The van der Waals surface area contributed by atoms with Crippen LogP contribution in [0.2, 0.25) is 0 Å². The lowest BCUT2D eigenvalue weighted by Crippen LogP contribution is -2.15. The zero-order chi connectivity index (χ0) is 22.8. The number of halogens is 1. The second-order valence-corrected chi connectivity index (χ2v) is 7.15. The van der Waals surface area contributed by atoms with Crippen molar-refractivity contribution in [3.63, 3.8) is 0 Å². The SMILES string of the molecule is CCOC(=O)COc1cc(Br)c(/C=C(\C#N)C(=O)Nc2ccc(CC)cc2)cc1OC. The molecule has 1 amide bonds. The molecule has 0 spiro atoms. The monoisotopic (exact) mass is 486 g/mol. The standard InChI is InChI=1S/C23H23BrN2O5/c1-4-15-6-8-18(9-7-15)26-23(28)17(13-25)10-16-11-20(29-3)21(12-19(16)24)31-14-22(27)30-5-2/h6-12H,4-5,14H2,1-3H3,(H,26,28)/b17-10+. The third kappa shape index (κ3) is 6.86. The number of aryl methyl sites for hydroxylation is 1. The molecule has 162 valence electrons. The van der Waals surface area contributed by atoms with Crippen LogP contribution >= 0.6 is 15.9 Å². The lowest BCUT2D eigenvalue weighted by atomic mass is 10.1. The van der Waals surface area contributed by atoms with Crippen molar-refractivity contribution in [2.75, 3.05) is 25.6 Å². The van der Waals surface area contributed by atoms with Gasteiger partial charge in [0.2, 0.25) is 0 Å². The number of nitriles is 1. The van der Waals surface area contributed by atoms with E-state index in [1.165, 1.54) is 13.2 Å². The number of ether oxygens (including phenoxy) is 3. The minimum atomic E-state index is -0.528. The number of hydrogen-bond donors (Lipinski definition) is 1. The first-order valence-electron chi connectivity index (χ1n) is 9.59. The summed E-state index contributed by atoms with van der Waals surface area (Å²) < 4.78 is 16.2. The Labute approximate surface area is 189 Å². The van der Waals surface area contributed by atoms with E-state index in [4.69, 9.17) is 14.2 Å². The van der Waals surface area contributed by atoms with Gasteiger partial charge in [-0.25, -0.2) is 4.79 Å². The maximum atomic E-state index is 12.5. The highest BCUT2D eigenvalue weighted by Crippen LogP contribution is 2.34. The molecule has 0 aliphatic rings. The van der Waals surface area contributed by atoms with E-state index in [1.54, 1.807) is 31.2 Å². The van der Waals surface area contributed by atoms with Crippen molar-refractivity contribution in [1.29, 1.82) is 5.26 Å². The Hall–Kier alpha value is -3.31. The molecule has 31 heavy (non-hydrogen) atoms. The van der Waals surface area contributed by atoms with Crippen LogP contribution in [-0.4, -0.2) is 32.2 Å². The number of methoxy groups -OCH3 is 1. The minimum absolute atomic E-state index is 0.0810. The Morgan fingerprint density at radius 1 is 1.16 bits per heavy atom. The van der Waals surface area contributed by atoms with Crippen LogP contribution in [0.5, 0.6) is 11.5 Å². The number of carbonyl (C=O) groups is 2. The molecule has 0 aromatic heterocycles. The highest BCUT2D eigenvalue weighted by Gasteiger charge is 2.15. The molecule has 0 radical (unpaired) electrons. The summed E-state index contributed by atoms with van der Waals surface area (Å²) in [5, 5.41) is 12.2. The van der Waals surface area contributed by atoms with Gasteiger partial charge in [0.1, 0.15) is 11.6 Å². The van der Waals surface area contributed by atoms with E-state index >= 15 is 0 Å². The molecule has 2 aromatic carbocycles. The van der Waals surface area contributed by atoms with E-state index in [0.717, 1.165) is 12.0 Å². The molecule has 0 aliphatic carbocycles. The summed E-state index contributed by atoms with van der Waals surface area (Å²) in [7, 11) is 1.45. The lowest BCUT2D eigenvalue weighted by Gasteiger charge is -2.12.